The van der Waals surface area contributed by atoms with Crippen molar-refractivity contribution in [3.63, 3.8) is 0 Å². The van der Waals surface area contributed by atoms with Crippen LogP contribution in [0, 0.1) is 6.92 Å². The molecule has 0 saturated carbocycles. The molecular weight excluding hydrogens is 458 g/mol. The Labute approximate surface area is 197 Å². The lowest BCUT2D eigenvalue weighted by Crippen LogP contribution is -2.19. The number of nitrogens with one attached hydrogen (secondary N) is 2. The number of nitrogens with zero attached hydrogens (tertiary/aromatic N) is 5. The van der Waals surface area contributed by atoms with Crippen LogP contribution in [0.1, 0.15) is 16.1 Å². The highest BCUT2D eigenvalue weighted by Gasteiger charge is 2.19. The minimum Gasteiger partial charge on any atom is -0.496 e. The van der Waals surface area contributed by atoms with Crippen LogP contribution in [0.4, 0.5) is 5.82 Å². The van der Waals surface area contributed by atoms with Gasteiger partial charge in [0.2, 0.25) is 5.95 Å². The number of benzene rings is 2. The van der Waals surface area contributed by atoms with E-state index < -0.39 is 5.91 Å². The van der Waals surface area contributed by atoms with Gasteiger partial charge in [0.05, 0.1) is 30.3 Å². The summed E-state index contributed by atoms with van der Waals surface area (Å²) in [6.45, 7) is 1.76. The van der Waals surface area contributed by atoms with E-state index in [1.165, 1.54) is 24.1 Å². The molecular formula is C23H18ClN7O3. The van der Waals surface area contributed by atoms with Gasteiger partial charge in [-0.1, -0.05) is 29.8 Å². The number of para-hydroxylation sites is 1. The summed E-state index contributed by atoms with van der Waals surface area (Å²) < 4.78 is 8.20. The average molecular weight is 476 g/mol. The number of H-pyrrole nitrogens is 1. The van der Waals surface area contributed by atoms with Crippen LogP contribution in [0.15, 0.2) is 65.6 Å². The summed E-state index contributed by atoms with van der Waals surface area (Å²) in [6, 6.07) is 15.7. The zero-order valence-electron chi connectivity index (χ0n) is 18.1. The van der Waals surface area contributed by atoms with Gasteiger partial charge in [-0.3, -0.25) is 14.6 Å². The predicted octanol–water partition coefficient (Wildman–Crippen LogP) is 3.52. The summed E-state index contributed by atoms with van der Waals surface area (Å²) in [6.07, 6.45) is 1.46. The molecule has 0 aliphatic carbocycles. The number of halogens is 1. The first-order chi connectivity index (χ1) is 16.4. The first kappa shape index (κ1) is 21.4. The molecule has 10 nitrogen and oxygen atoms in total. The fraction of sp³-hybridized carbons (Fsp3) is 0.0870. The van der Waals surface area contributed by atoms with Crippen LogP contribution in [-0.4, -0.2) is 42.5 Å². The summed E-state index contributed by atoms with van der Waals surface area (Å²) in [7, 11) is 1.47. The van der Waals surface area contributed by atoms with Crippen molar-refractivity contribution in [1.82, 2.24) is 29.5 Å². The smallest absolute Gasteiger partial charge is 0.263 e. The van der Waals surface area contributed by atoms with Gasteiger partial charge in [-0.2, -0.15) is 19.9 Å². The Morgan fingerprint density at radius 2 is 1.91 bits per heavy atom. The summed E-state index contributed by atoms with van der Waals surface area (Å²) in [5, 5.41) is 12.2. The van der Waals surface area contributed by atoms with Crippen molar-refractivity contribution in [2.45, 2.75) is 6.92 Å². The molecule has 0 atom stereocenters. The second kappa shape index (κ2) is 8.49. The van der Waals surface area contributed by atoms with E-state index in [1.807, 2.05) is 30.3 Å². The van der Waals surface area contributed by atoms with E-state index in [9.17, 15) is 9.59 Å². The third-order valence-electron chi connectivity index (χ3n) is 5.11. The summed E-state index contributed by atoms with van der Waals surface area (Å²) in [5.74, 6) is 0.331. The van der Waals surface area contributed by atoms with Gasteiger partial charge in [-0.15, -0.1) is 0 Å². The molecule has 5 rings (SSSR count). The zero-order valence-corrected chi connectivity index (χ0v) is 18.9. The number of amides is 1. The molecule has 0 saturated heterocycles. The lowest BCUT2D eigenvalue weighted by Gasteiger charge is -2.11. The molecule has 3 heterocycles. The number of carbonyl (C=O) groups is 1. The molecule has 3 aromatic heterocycles. The Balaban J connectivity index is 1.59. The Kier molecular flexibility index (Phi) is 5.34. The second-order valence-electron chi connectivity index (χ2n) is 7.40. The number of methoxy groups -OCH3 is 1. The molecule has 5 aromatic rings. The lowest BCUT2D eigenvalue weighted by atomic mass is 10.2. The molecule has 34 heavy (non-hydrogen) atoms. The number of rotatable bonds is 5. The van der Waals surface area contributed by atoms with E-state index in [2.05, 4.69) is 25.5 Å². The maximum Gasteiger partial charge on any atom is 0.263 e. The van der Waals surface area contributed by atoms with Gasteiger partial charge in [-0.05, 0) is 37.3 Å². The molecule has 0 radical (unpaired) electrons. The van der Waals surface area contributed by atoms with Crippen LogP contribution in [-0.2, 0) is 0 Å². The van der Waals surface area contributed by atoms with Crippen LogP contribution < -0.4 is 15.6 Å². The third-order valence-corrected chi connectivity index (χ3v) is 5.34. The van der Waals surface area contributed by atoms with Crippen molar-refractivity contribution < 1.29 is 9.53 Å². The standard InChI is InChI=1S/C23H18ClN7O3/c1-13-10-19(26-21(32)16-11-14(24)8-9-18(16)34-2)31(29-13)23-27-20-17(22(33)28-23)12-25-30(20)15-6-4-3-5-7-15/h3-12H,1-2H3,(H,26,32)(H,27,28,33). The maximum absolute atomic E-state index is 13.0. The Morgan fingerprint density at radius 1 is 1.12 bits per heavy atom. The molecule has 0 aliphatic rings. The minimum atomic E-state index is -0.460. The van der Waals surface area contributed by atoms with Gasteiger partial charge in [0.25, 0.3) is 11.5 Å². The van der Waals surface area contributed by atoms with Crippen molar-refractivity contribution >= 4 is 34.4 Å². The van der Waals surface area contributed by atoms with Crippen molar-refractivity contribution in [3.8, 4) is 17.4 Å². The average Bonchev–Trinajstić information content (AvgIpc) is 3.43. The molecule has 0 aliphatic heterocycles. The molecule has 0 bridgehead atoms. The van der Waals surface area contributed by atoms with Crippen molar-refractivity contribution in [2.75, 3.05) is 12.4 Å². The van der Waals surface area contributed by atoms with Crippen LogP contribution in [0.25, 0.3) is 22.7 Å². The Bertz CT molecular complexity index is 1590. The Hall–Kier alpha value is -4.44. The maximum atomic E-state index is 13.0. The molecule has 1 amide bonds. The number of anilines is 1. The van der Waals surface area contributed by atoms with Crippen molar-refractivity contribution in [2.24, 2.45) is 0 Å². The van der Waals surface area contributed by atoms with Gasteiger partial charge in [0.1, 0.15) is 17.0 Å². The number of carbonyl (C=O) groups excluding carboxylic acids is 1. The van der Waals surface area contributed by atoms with Crippen molar-refractivity contribution in [1.29, 1.82) is 0 Å². The quantitative estimate of drug-likeness (QED) is 0.401. The zero-order chi connectivity index (χ0) is 23.8. The highest BCUT2D eigenvalue weighted by atomic mass is 35.5. The number of fused-ring (bicyclic) bond motifs is 1. The van der Waals surface area contributed by atoms with Gasteiger partial charge >= 0.3 is 0 Å². The summed E-state index contributed by atoms with van der Waals surface area (Å²) >= 11 is 6.07. The number of hydrogen-bond acceptors (Lipinski definition) is 6. The van der Waals surface area contributed by atoms with Crippen LogP contribution >= 0.6 is 11.6 Å². The molecule has 170 valence electrons. The van der Waals surface area contributed by atoms with E-state index in [4.69, 9.17) is 16.3 Å². The molecule has 11 heteroatoms. The molecule has 0 spiro atoms. The third kappa shape index (κ3) is 3.80. The lowest BCUT2D eigenvalue weighted by molar-refractivity contribution is 0.102. The summed E-state index contributed by atoms with van der Waals surface area (Å²) in [4.78, 5) is 33.1. The van der Waals surface area contributed by atoms with E-state index >= 15 is 0 Å². The van der Waals surface area contributed by atoms with E-state index in [0.29, 0.717) is 33.3 Å². The van der Waals surface area contributed by atoms with E-state index in [1.54, 1.807) is 29.8 Å². The normalized spacial score (nSPS) is 11.0. The fourth-order valence-corrected chi connectivity index (χ4v) is 3.73. The highest BCUT2D eigenvalue weighted by molar-refractivity contribution is 6.31. The topological polar surface area (TPSA) is 120 Å². The SMILES string of the molecule is COc1ccc(Cl)cc1C(=O)Nc1cc(C)nn1-c1nc2c(cnn2-c2ccccc2)c(=O)[nH]1. The van der Waals surface area contributed by atoms with Gasteiger partial charge in [0.15, 0.2) is 5.65 Å². The van der Waals surface area contributed by atoms with E-state index in [-0.39, 0.29) is 17.1 Å². The van der Waals surface area contributed by atoms with Crippen LogP contribution in [0.5, 0.6) is 5.75 Å². The van der Waals surface area contributed by atoms with Gasteiger partial charge in [-0.25, -0.2) is 4.68 Å². The minimum absolute atomic E-state index is 0.122. The molecule has 0 unspecified atom stereocenters. The fourth-order valence-electron chi connectivity index (χ4n) is 3.56. The first-order valence-electron chi connectivity index (χ1n) is 10.2. The number of aromatic nitrogens is 6. The molecule has 0 fully saturated rings. The van der Waals surface area contributed by atoms with E-state index in [0.717, 1.165) is 5.69 Å². The largest absolute Gasteiger partial charge is 0.496 e. The van der Waals surface area contributed by atoms with Crippen molar-refractivity contribution in [3.05, 3.63) is 87.4 Å². The number of aromatic amines is 1. The summed E-state index contributed by atoms with van der Waals surface area (Å²) in [5.41, 5.74) is 1.57. The van der Waals surface area contributed by atoms with Crippen LogP contribution in [0.3, 0.4) is 0 Å². The number of ether oxygens (including phenoxy) is 1. The predicted molar refractivity (Wildman–Crippen MR) is 127 cm³/mol. The highest BCUT2D eigenvalue weighted by Crippen LogP contribution is 2.25. The van der Waals surface area contributed by atoms with Crippen LogP contribution in [0.2, 0.25) is 5.02 Å². The van der Waals surface area contributed by atoms with Gasteiger partial charge in [0, 0.05) is 11.1 Å². The molecule has 2 N–H and O–H groups in total. The van der Waals surface area contributed by atoms with Gasteiger partial charge < -0.3 is 10.1 Å². The molecule has 2 aromatic carbocycles. The second-order valence-corrected chi connectivity index (χ2v) is 7.84. The first-order valence-corrected chi connectivity index (χ1v) is 10.6. The Morgan fingerprint density at radius 3 is 2.68 bits per heavy atom. The monoisotopic (exact) mass is 475 g/mol. The number of hydrogen-bond donors (Lipinski definition) is 2. The number of aryl methyl sites for hydroxylation is 1.